The van der Waals surface area contributed by atoms with Crippen molar-refractivity contribution in [3.05, 3.63) is 48.2 Å². The van der Waals surface area contributed by atoms with E-state index < -0.39 is 0 Å². The maximum absolute atomic E-state index is 13.1. The molecule has 140 valence electrons. The molecular formula is C19H21N5O3. The molecule has 0 radical (unpaired) electrons. The minimum atomic E-state index is -0.367. The SMILES string of the molecule is Cc1ccc(C(=O)N2C[C@@H](C(=O)Nc3cnccn3)C[C@H]3OCC[C@H]32)cn1. The summed E-state index contributed by atoms with van der Waals surface area (Å²) in [5.41, 5.74) is 1.38. The fourth-order valence-corrected chi connectivity index (χ4v) is 3.72. The van der Waals surface area contributed by atoms with E-state index in [1.165, 1.54) is 12.4 Å². The van der Waals surface area contributed by atoms with Crippen molar-refractivity contribution >= 4 is 17.6 Å². The number of likely N-dealkylation sites (tertiary alicyclic amines) is 1. The third kappa shape index (κ3) is 3.66. The first kappa shape index (κ1) is 17.5. The molecular weight excluding hydrogens is 346 g/mol. The molecule has 2 amide bonds. The van der Waals surface area contributed by atoms with Gasteiger partial charge in [-0.1, -0.05) is 0 Å². The van der Waals surface area contributed by atoms with Crippen molar-refractivity contribution in [2.75, 3.05) is 18.5 Å². The second-order valence-corrected chi connectivity index (χ2v) is 6.92. The second-order valence-electron chi connectivity index (χ2n) is 6.92. The van der Waals surface area contributed by atoms with E-state index in [1.54, 1.807) is 23.4 Å². The summed E-state index contributed by atoms with van der Waals surface area (Å²) in [5, 5.41) is 2.78. The number of hydrogen-bond acceptors (Lipinski definition) is 6. The summed E-state index contributed by atoms with van der Waals surface area (Å²) in [4.78, 5) is 39.8. The van der Waals surface area contributed by atoms with E-state index in [0.717, 1.165) is 12.1 Å². The number of amides is 2. The van der Waals surface area contributed by atoms with E-state index in [4.69, 9.17) is 4.74 Å². The smallest absolute Gasteiger partial charge is 0.255 e. The van der Waals surface area contributed by atoms with Crippen molar-refractivity contribution in [2.45, 2.75) is 31.9 Å². The number of carbonyl (C=O) groups is 2. The predicted octanol–water partition coefficient (Wildman–Crippen LogP) is 1.44. The third-order valence-electron chi connectivity index (χ3n) is 5.11. The number of anilines is 1. The number of aryl methyl sites for hydroxylation is 1. The highest BCUT2D eigenvalue weighted by Crippen LogP contribution is 2.32. The summed E-state index contributed by atoms with van der Waals surface area (Å²) < 4.78 is 5.81. The Hall–Kier alpha value is -2.87. The van der Waals surface area contributed by atoms with E-state index >= 15 is 0 Å². The van der Waals surface area contributed by atoms with Gasteiger partial charge in [0.15, 0.2) is 5.82 Å². The maximum Gasteiger partial charge on any atom is 0.255 e. The Morgan fingerprint density at radius 2 is 2.11 bits per heavy atom. The Balaban J connectivity index is 1.53. The molecule has 2 saturated heterocycles. The van der Waals surface area contributed by atoms with Gasteiger partial charge in [-0.2, -0.15) is 0 Å². The van der Waals surface area contributed by atoms with Gasteiger partial charge in [-0.15, -0.1) is 0 Å². The maximum atomic E-state index is 13.1. The van der Waals surface area contributed by atoms with Crippen LogP contribution < -0.4 is 5.32 Å². The van der Waals surface area contributed by atoms with E-state index in [0.29, 0.717) is 31.0 Å². The molecule has 0 spiro atoms. The number of rotatable bonds is 3. The third-order valence-corrected chi connectivity index (χ3v) is 5.11. The highest BCUT2D eigenvalue weighted by Gasteiger charge is 2.44. The average Bonchev–Trinajstić information content (AvgIpc) is 3.17. The summed E-state index contributed by atoms with van der Waals surface area (Å²) in [7, 11) is 0. The van der Waals surface area contributed by atoms with Crippen LogP contribution in [0.2, 0.25) is 0 Å². The van der Waals surface area contributed by atoms with Crippen LogP contribution in [-0.4, -0.2) is 57.0 Å². The van der Waals surface area contributed by atoms with Crippen molar-refractivity contribution in [3.63, 3.8) is 0 Å². The van der Waals surface area contributed by atoms with Crippen LogP contribution in [0, 0.1) is 12.8 Å². The molecule has 2 aliphatic heterocycles. The zero-order valence-electron chi connectivity index (χ0n) is 15.0. The van der Waals surface area contributed by atoms with Crippen LogP contribution in [0.25, 0.3) is 0 Å². The van der Waals surface area contributed by atoms with Crippen molar-refractivity contribution in [2.24, 2.45) is 5.92 Å². The number of nitrogens with one attached hydrogen (secondary N) is 1. The largest absolute Gasteiger partial charge is 0.376 e. The monoisotopic (exact) mass is 367 g/mol. The number of pyridine rings is 1. The van der Waals surface area contributed by atoms with Gasteiger partial charge in [-0.25, -0.2) is 4.98 Å². The topological polar surface area (TPSA) is 97.3 Å². The molecule has 0 unspecified atom stereocenters. The lowest BCUT2D eigenvalue weighted by Crippen LogP contribution is -2.54. The number of fused-ring (bicyclic) bond motifs is 1. The Morgan fingerprint density at radius 1 is 1.22 bits per heavy atom. The molecule has 0 aliphatic carbocycles. The first-order valence-corrected chi connectivity index (χ1v) is 9.04. The summed E-state index contributed by atoms with van der Waals surface area (Å²) in [6.45, 7) is 2.83. The van der Waals surface area contributed by atoms with Crippen molar-refractivity contribution < 1.29 is 14.3 Å². The van der Waals surface area contributed by atoms with E-state index in [-0.39, 0.29) is 29.9 Å². The van der Waals surface area contributed by atoms with E-state index in [9.17, 15) is 9.59 Å². The first-order chi connectivity index (χ1) is 13.1. The summed E-state index contributed by atoms with van der Waals surface area (Å²) >= 11 is 0. The molecule has 2 aliphatic rings. The highest BCUT2D eigenvalue weighted by atomic mass is 16.5. The second kappa shape index (κ2) is 7.40. The molecule has 2 fully saturated rings. The quantitative estimate of drug-likeness (QED) is 0.882. The van der Waals surface area contributed by atoms with Crippen LogP contribution in [0.15, 0.2) is 36.9 Å². The lowest BCUT2D eigenvalue weighted by Gasteiger charge is -2.40. The lowest BCUT2D eigenvalue weighted by atomic mass is 9.89. The minimum absolute atomic E-state index is 0.000583. The van der Waals surface area contributed by atoms with Crippen LogP contribution in [0.5, 0.6) is 0 Å². The summed E-state index contributed by atoms with van der Waals surface area (Å²) in [6, 6.07) is 3.59. The molecule has 8 nitrogen and oxygen atoms in total. The Labute approximate surface area is 157 Å². The van der Waals surface area contributed by atoms with Gasteiger partial charge in [0.1, 0.15) is 0 Å². The average molecular weight is 367 g/mol. The Morgan fingerprint density at radius 3 is 2.85 bits per heavy atom. The molecule has 2 aromatic rings. The van der Waals surface area contributed by atoms with Crippen molar-refractivity contribution in [3.8, 4) is 0 Å². The fraction of sp³-hybridized carbons (Fsp3) is 0.421. The van der Waals surface area contributed by atoms with Gasteiger partial charge in [-0.3, -0.25) is 19.6 Å². The Kier molecular flexibility index (Phi) is 4.81. The molecule has 27 heavy (non-hydrogen) atoms. The van der Waals surface area contributed by atoms with E-state index in [1.807, 2.05) is 13.0 Å². The number of carbonyl (C=O) groups excluding carboxylic acids is 2. The molecule has 4 rings (SSSR count). The summed E-state index contributed by atoms with van der Waals surface area (Å²) in [6.07, 6.45) is 7.40. The first-order valence-electron chi connectivity index (χ1n) is 9.04. The van der Waals surface area contributed by atoms with Gasteiger partial charge in [0.2, 0.25) is 5.91 Å². The molecule has 2 aromatic heterocycles. The normalized spacial score (nSPS) is 24.3. The van der Waals surface area contributed by atoms with Crippen LogP contribution in [0.1, 0.15) is 28.9 Å². The molecule has 0 bridgehead atoms. The molecule has 1 N–H and O–H groups in total. The van der Waals surface area contributed by atoms with Crippen molar-refractivity contribution in [1.29, 1.82) is 0 Å². The molecule has 4 heterocycles. The number of aromatic nitrogens is 3. The summed E-state index contributed by atoms with van der Waals surface area (Å²) in [5.74, 6) is -0.254. The number of piperidine rings is 1. The van der Waals surface area contributed by atoms with Gasteiger partial charge in [0, 0.05) is 37.4 Å². The van der Waals surface area contributed by atoms with Crippen molar-refractivity contribution in [1.82, 2.24) is 19.9 Å². The van der Waals surface area contributed by atoms with Gasteiger partial charge in [0.05, 0.1) is 29.8 Å². The zero-order chi connectivity index (χ0) is 18.8. The lowest BCUT2D eigenvalue weighted by molar-refractivity contribution is -0.123. The fourth-order valence-electron chi connectivity index (χ4n) is 3.72. The molecule has 0 saturated carbocycles. The van der Waals surface area contributed by atoms with Gasteiger partial charge >= 0.3 is 0 Å². The molecule has 3 atom stereocenters. The van der Waals surface area contributed by atoms with Crippen LogP contribution in [0.3, 0.4) is 0 Å². The van der Waals surface area contributed by atoms with Crippen LogP contribution in [0.4, 0.5) is 5.82 Å². The minimum Gasteiger partial charge on any atom is -0.376 e. The number of hydrogen-bond donors (Lipinski definition) is 1. The zero-order valence-corrected chi connectivity index (χ0v) is 15.0. The van der Waals surface area contributed by atoms with E-state index in [2.05, 4.69) is 20.3 Å². The number of nitrogens with zero attached hydrogens (tertiary/aromatic N) is 4. The standard InChI is InChI=1S/C19H21N5O3/c1-12-2-3-13(9-22-12)19(26)24-11-14(8-16-15(24)4-7-27-16)18(25)23-17-10-20-5-6-21-17/h2-3,5-6,9-10,14-16H,4,7-8,11H2,1H3,(H,21,23,25)/t14-,15+,16+/m0/s1. The van der Waals surface area contributed by atoms with Gasteiger partial charge < -0.3 is 15.0 Å². The van der Waals surface area contributed by atoms with Gasteiger partial charge in [-0.05, 0) is 31.9 Å². The van der Waals surface area contributed by atoms with Crippen LogP contribution in [-0.2, 0) is 9.53 Å². The molecule has 0 aromatic carbocycles. The number of ether oxygens (including phenoxy) is 1. The Bertz CT molecular complexity index is 827. The van der Waals surface area contributed by atoms with Crippen LogP contribution >= 0.6 is 0 Å². The van der Waals surface area contributed by atoms with Gasteiger partial charge in [0.25, 0.3) is 5.91 Å². The predicted molar refractivity (Wildman–Crippen MR) is 96.9 cm³/mol. The highest BCUT2D eigenvalue weighted by molar-refractivity contribution is 5.96. The molecule has 8 heteroatoms.